The Morgan fingerprint density at radius 3 is 2.67 bits per heavy atom. The normalized spacial score (nSPS) is 18.3. The zero-order chi connectivity index (χ0) is 22.2. The van der Waals surface area contributed by atoms with E-state index in [1.807, 2.05) is 24.0 Å². The number of carbonyl (C=O) groups is 1. The second-order valence-corrected chi connectivity index (χ2v) is 9.43. The van der Waals surface area contributed by atoms with Gasteiger partial charge in [-0.05, 0) is 82.6 Å². The van der Waals surface area contributed by atoms with Crippen molar-refractivity contribution in [2.45, 2.75) is 65.3 Å². The van der Waals surface area contributed by atoms with Gasteiger partial charge < -0.3 is 14.0 Å². The summed E-state index contributed by atoms with van der Waals surface area (Å²) in [6.07, 6.45) is 8.41. The number of piperidine rings is 1. The van der Waals surface area contributed by atoms with Crippen molar-refractivity contribution in [1.29, 1.82) is 0 Å². The number of likely N-dealkylation sites (tertiary alicyclic amines) is 1. The molecule has 0 unspecified atom stereocenters. The van der Waals surface area contributed by atoms with E-state index in [2.05, 4.69) is 41.6 Å². The van der Waals surface area contributed by atoms with Crippen molar-refractivity contribution in [2.75, 3.05) is 13.2 Å². The number of amides is 1. The highest BCUT2D eigenvalue weighted by Gasteiger charge is 2.32. The monoisotopic (exact) mass is 468 g/mol. The minimum Gasteiger partial charge on any atom is -0.491 e. The lowest BCUT2D eigenvalue weighted by Crippen LogP contribution is -2.45. The van der Waals surface area contributed by atoms with Gasteiger partial charge in [0.05, 0.1) is 12.3 Å². The van der Waals surface area contributed by atoms with E-state index < -0.39 is 0 Å². The van der Waals surface area contributed by atoms with E-state index in [-0.39, 0.29) is 24.4 Å². The summed E-state index contributed by atoms with van der Waals surface area (Å²) in [6.45, 7) is 7.57. The number of rotatable bonds is 6. The Labute approximate surface area is 201 Å². The lowest BCUT2D eigenvalue weighted by Gasteiger charge is -2.35. The summed E-state index contributed by atoms with van der Waals surface area (Å²) in [6, 6.07) is 8.11. The first-order valence-electron chi connectivity index (χ1n) is 11.9. The van der Waals surface area contributed by atoms with E-state index in [1.54, 1.807) is 0 Å². The van der Waals surface area contributed by atoms with E-state index in [1.165, 1.54) is 18.4 Å². The Balaban J connectivity index is 0.00000259. The Hall–Kier alpha value is -2.60. The molecule has 1 atom stereocenters. The standard InChI is InChI=1S/C26H32N4O2.ClH/c1-17-7-6-14-29-19(3)22(28-25(17)29)15-21-8-4-5-13-30(21)26(31)24-23(12-9-18(2)27-24)32-16-20-10-11-20;/h6-7,9,12,14,20-21H,4-5,8,10-11,13,15-16H2,1-3H3;1H/t21-;/m0./s1. The van der Waals surface area contributed by atoms with Crippen molar-refractivity contribution in [1.82, 2.24) is 19.3 Å². The summed E-state index contributed by atoms with van der Waals surface area (Å²) in [5.41, 5.74) is 5.70. The fourth-order valence-electron chi connectivity index (χ4n) is 4.71. The van der Waals surface area contributed by atoms with Gasteiger partial charge in [0, 0.05) is 36.6 Å². The van der Waals surface area contributed by atoms with Gasteiger partial charge in [0.2, 0.25) is 0 Å². The molecular weight excluding hydrogens is 436 g/mol. The van der Waals surface area contributed by atoms with Crippen molar-refractivity contribution in [3.05, 3.63) is 58.8 Å². The highest BCUT2D eigenvalue weighted by Crippen LogP contribution is 2.31. The van der Waals surface area contributed by atoms with Crippen molar-refractivity contribution >= 4 is 24.0 Å². The minimum absolute atomic E-state index is 0. The summed E-state index contributed by atoms with van der Waals surface area (Å²) in [7, 11) is 0. The molecule has 0 radical (unpaired) electrons. The highest BCUT2D eigenvalue weighted by molar-refractivity contribution is 5.95. The lowest BCUT2D eigenvalue weighted by atomic mass is 9.96. The van der Waals surface area contributed by atoms with Gasteiger partial charge in [-0.1, -0.05) is 6.07 Å². The second kappa shape index (κ2) is 9.72. The van der Waals surface area contributed by atoms with Gasteiger partial charge >= 0.3 is 0 Å². The molecule has 5 rings (SSSR count). The van der Waals surface area contributed by atoms with Gasteiger partial charge in [0.25, 0.3) is 5.91 Å². The molecular formula is C26H33ClN4O2. The minimum atomic E-state index is -0.0122. The third-order valence-corrected chi connectivity index (χ3v) is 6.87. The van der Waals surface area contributed by atoms with Gasteiger partial charge in [-0.3, -0.25) is 4.79 Å². The average Bonchev–Trinajstić information content (AvgIpc) is 3.57. The summed E-state index contributed by atoms with van der Waals surface area (Å²) in [4.78, 5) is 25.3. The van der Waals surface area contributed by atoms with Gasteiger partial charge in [-0.2, -0.15) is 0 Å². The molecule has 33 heavy (non-hydrogen) atoms. The van der Waals surface area contributed by atoms with Crippen LogP contribution in [0.15, 0.2) is 30.5 Å². The van der Waals surface area contributed by atoms with Crippen LogP contribution in [0, 0.1) is 26.7 Å². The fraction of sp³-hybridized carbons (Fsp3) is 0.500. The molecule has 3 aromatic rings. The zero-order valence-corrected chi connectivity index (χ0v) is 20.5. The van der Waals surface area contributed by atoms with Gasteiger partial charge in [0.15, 0.2) is 11.4 Å². The predicted molar refractivity (Wildman–Crippen MR) is 131 cm³/mol. The summed E-state index contributed by atoms with van der Waals surface area (Å²) in [5, 5.41) is 0. The van der Waals surface area contributed by atoms with E-state index >= 15 is 0 Å². The third-order valence-electron chi connectivity index (χ3n) is 6.87. The first-order chi connectivity index (χ1) is 15.5. The molecule has 1 amide bonds. The molecule has 7 heteroatoms. The molecule has 2 fully saturated rings. The highest BCUT2D eigenvalue weighted by atomic mass is 35.5. The SMILES string of the molecule is Cc1ccc(OCC2CC2)c(C(=O)N2CCCC[C@H]2Cc2nc3c(C)cccn3c2C)n1.Cl. The molecule has 0 aromatic carbocycles. The first kappa shape index (κ1) is 23.6. The summed E-state index contributed by atoms with van der Waals surface area (Å²) < 4.78 is 8.19. The number of pyridine rings is 2. The lowest BCUT2D eigenvalue weighted by molar-refractivity contribution is 0.0601. The maximum absolute atomic E-state index is 13.7. The number of hydrogen-bond donors (Lipinski definition) is 0. The molecule has 1 saturated heterocycles. The quantitative estimate of drug-likeness (QED) is 0.504. The van der Waals surface area contributed by atoms with Crippen LogP contribution in [0.25, 0.3) is 5.65 Å². The van der Waals surface area contributed by atoms with Gasteiger partial charge in [-0.15, -0.1) is 12.4 Å². The van der Waals surface area contributed by atoms with Gasteiger partial charge in [-0.25, -0.2) is 9.97 Å². The van der Waals surface area contributed by atoms with Gasteiger partial charge in [0.1, 0.15) is 5.65 Å². The zero-order valence-electron chi connectivity index (χ0n) is 19.7. The van der Waals surface area contributed by atoms with Crippen LogP contribution >= 0.6 is 12.4 Å². The Bertz CT molecular complexity index is 1150. The van der Waals surface area contributed by atoms with Crippen molar-refractivity contribution in [3.63, 3.8) is 0 Å². The maximum atomic E-state index is 13.7. The van der Waals surface area contributed by atoms with Crippen LogP contribution in [0.4, 0.5) is 0 Å². The van der Waals surface area contributed by atoms with Crippen LogP contribution in [-0.2, 0) is 6.42 Å². The molecule has 2 aliphatic rings. The Morgan fingerprint density at radius 1 is 1.09 bits per heavy atom. The number of imidazole rings is 1. The molecule has 0 N–H and O–H groups in total. The number of aryl methyl sites for hydroxylation is 3. The van der Waals surface area contributed by atoms with E-state index in [4.69, 9.17) is 9.72 Å². The van der Waals surface area contributed by atoms with E-state index in [9.17, 15) is 4.79 Å². The fourth-order valence-corrected chi connectivity index (χ4v) is 4.71. The molecule has 1 aliphatic heterocycles. The van der Waals surface area contributed by atoms with E-state index in [0.717, 1.165) is 55.0 Å². The van der Waals surface area contributed by atoms with Crippen molar-refractivity contribution in [3.8, 4) is 5.75 Å². The van der Waals surface area contributed by atoms with Crippen LogP contribution in [0.3, 0.4) is 0 Å². The topological polar surface area (TPSA) is 59.7 Å². The number of ether oxygens (including phenoxy) is 1. The number of carbonyl (C=O) groups excluding carboxylic acids is 1. The van der Waals surface area contributed by atoms with Crippen LogP contribution in [0.1, 0.15) is 65.2 Å². The Kier molecular flexibility index (Phi) is 6.94. The smallest absolute Gasteiger partial charge is 0.276 e. The number of hydrogen-bond acceptors (Lipinski definition) is 4. The third kappa shape index (κ3) is 4.86. The summed E-state index contributed by atoms with van der Waals surface area (Å²) in [5.74, 6) is 1.24. The van der Waals surface area contributed by atoms with Crippen molar-refractivity contribution in [2.24, 2.45) is 5.92 Å². The van der Waals surface area contributed by atoms with Crippen LogP contribution in [-0.4, -0.2) is 44.4 Å². The second-order valence-electron chi connectivity index (χ2n) is 9.43. The van der Waals surface area contributed by atoms with Crippen LogP contribution in [0.2, 0.25) is 0 Å². The van der Waals surface area contributed by atoms with Crippen LogP contribution < -0.4 is 4.74 Å². The van der Waals surface area contributed by atoms with Crippen LogP contribution in [0.5, 0.6) is 5.75 Å². The Morgan fingerprint density at radius 2 is 1.91 bits per heavy atom. The summed E-state index contributed by atoms with van der Waals surface area (Å²) >= 11 is 0. The predicted octanol–water partition coefficient (Wildman–Crippen LogP) is 5.10. The molecule has 4 heterocycles. The molecule has 6 nitrogen and oxygen atoms in total. The molecule has 176 valence electrons. The molecule has 0 bridgehead atoms. The molecule has 1 aliphatic carbocycles. The number of aromatic nitrogens is 3. The molecule has 1 saturated carbocycles. The van der Waals surface area contributed by atoms with Crippen molar-refractivity contribution < 1.29 is 9.53 Å². The maximum Gasteiger partial charge on any atom is 0.276 e. The number of nitrogens with zero attached hydrogens (tertiary/aromatic N) is 4. The number of halogens is 1. The first-order valence-corrected chi connectivity index (χ1v) is 11.9. The molecule has 0 spiro atoms. The van der Waals surface area contributed by atoms with E-state index in [0.29, 0.717) is 24.0 Å². The average molecular weight is 469 g/mol. The largest absolute Gasteiger partial charge is 0.491 e. The number of fused-ring (bicyclic) bond motifs is 1. The molecule has 3 aromatic heterocycles.